The molecule has 3 N–H and O–H groups in total. The lowest BCUT2D eigenvalue weighted by atomic mass is 10.4. The van der Waals surface area contributed by atoms with Gasteiger partial charge in [-0.15, -0.1) is 0 Å². The number of hydrogen-bond acceptors (Lipinski definition) is 5. The largest absolute Gasteiger partial charge is 0.394 e. The number of aliphatic hydroxyl groups excluding tert-OH is 2. The average Bonchev–Trinajstić information content (AvgIpc) is 2.12. The fourth-order valence-electron chi connectivity index (χ4n) is 0.560. The van der Waals surface area contributed by atoms with E-state index in [1.165, 1.54) is 11.8 Å². The summed E-state index contributed by atoms with van der Waals surface area (Å²) >= 11 is 1.45. The molecular weight excluding hydrogens is 176 g/mol. The van der Waals surface area contributed by atoms with Crippen molar-refractivity contribution < 1.29 is 10.2 Å². The van der Waals surface area contributed by atoms with Crippen LogP contribution >= 0.6 is 11.8 Å². The van der Waals surface area contributed by atoms with Gasteiger partial charge in [-0.3, -0.25) is 0 Å². The molecule has 0 bridgehead atoms. The maximum Gasteiger partial charge on any atom is 0.104 e. The Morgan fingerprint density at radius 2 is 2.25 bits per heavy atom. The fraction of sp³-hybridized carbons (Fsp3) is 0.857. The van der Waals surface area contributed by atoms with Gasteiger partial charge in [0.15, 0.2) is 0 Å². The van der Waals surface area contributed by atoms with E-state index in [0.29, 0.717) is 11.5 Å². The molecule has 0 aliphatic rings. The highest BCUT2D eigenvalue weighted by molar-refractivity contribution is 7.99. The second kappa shape index (κ2) is 7.37. The summed E-state index contributed by atoms with van der Waals surface area (Å²) in [4.78, 5) is 0. The van der Waals surface area contributed by atoms with E-state index >= 15 is 0 Å². The zero-order valence-electron chi connectivity index (χ0n) is 7.03. The van der Waals surface area contributed by atoms with Crippen LogP contribution in [0.15, 0.2) is 0 Å². The number of hydrogen-bond donors (Lipinski definition) is 3. The summed E-state index contributed by atoms with van der Waals surface area (Å²) < 4.78 is 0. The van der Waals surface area contributed by atoms with Gasteiger partial charge in [0.25, 0.3) is 0 Å². The van der Waals surface area contributed by atoms with Crippen molar-refractivity contribution in [3.8, 4) is 6.07 Å². The molecule has 2 unspecified atom stereocenters. The van der Waals surface area contributed by atoms with Crippen LogP contribution < -0.4 is 5.32 Å². The molecule has 0 spiro atoms. The second-order valence-corrected chi connectivity index (χ2v) is 3.42. The van der Waals surface area contributed by atoms with E-state index in [-0.39, 0.29) is 12.6 Å². The molecule has 0 saturated carbocycles. The van der Waals surface area contributed by atoms with Gasteiger partial charge in [0, 0.05) is 11.5 Å². The molecule has 0 radical (unpaired) electrons. The predicted molar refractivity (Wildman–Crippen MR) is 48.9 cm³/mol. The summed E-state index contributed by atoms with van der Waals surface area (Å²) in [6, 6.07) is 1.89. The maximum absolute atomic E-state index is 8.94. The van der Waals surface area contributed by atoms with Crippen LogP contribution in [0.1, 0.15) is 0 Å². The van der Waals surface area contributed by atoms with Gasteiger partial charge < -0.3 is 15.5 Å². The Hall–Kier alpha value is -0.280. The summed E-state index contributed by atoms with van der Waals surface area (Å²) in [5, 5.41) is 28.7. The third-order valence-electron chi connectivity index (χ3n) is 1.31. The van der Waals surface area contributed by atoms with Gasteiger partial charge in [0.05, 0.1) is 18.8 Å². The first-order valence-corrected chi connectivity index (χ1v) is 4.83. The van der Waals surface area contributed by atoms with Crippen LogP contribution in [0.25, 0.3) is 0 Å². The Morgan fingerprint density at radius 1 is 1.58 bits per heavy atom. The predicted octanol–water partition coefficient (Wildman–Crippen LogP) is -0.816. The van der Waals surface area contributed by atoms with E-state index in [2.05, 4.69) is 11.4 Å². The molecule has 70 valence electrons. The van der Waals surface area contributed by atoms with Gasteiger partial charge in [-0.25, -0.2) is 0 Å². The van der Waals surface area contributed by atoms with E-state index in [1.807, 2.05) is 0 Å². The van der Waals surface area contributed by atoms with Gasteiger partial charge in [-0.05, 0) is 7.05 Å². The molecule has 2 atom stereocenters. The van der Waals surface area contributed by atoms with E-state index in [0.717, 1.165) is 0 Å². The number of aliphatic hydroxyl groups is 2. The van der Waals surface area contributed by atoms with Crippen molar-refractivity contribution >= 4 is 11.8 Å². The van der Waals surface area contributed by atoms with Crippen LogP contribution in [0.5, 0.6) is 0 Å². The molecule has 0 amide bonds. The van der Waals surface area contributed by atoms with Crippen LogP contribution in [-0.2, 0) is 0 Å². The molecular formula is C7H14N2O2S. The minimum Gasteiger partial charge on any atom is -0.394 e. The summed E-state index contributed by atoms with van der Waals surface area (Å²) in [6.45, 7) is -0.218. The molecule has 12 heavy (non-hydrogen) atoms. The number of thioether (sulfide) groups is 1. The lowest BCUT2D eigenvalue weighted by molar-refractivity contribution is 0.113. The lowest BCUT2D eigenvalue weighted by Crippen LogP contribution is -2.26. The van der Waals surface area contributed by atoms with Crippen molar-refractivity contribution in [2.24, 2.45) is 0 Å². The molecule has 0 aromatic carbocycles. The molecule has 0 aromatic heterocycles. The molecule has 0 heterocycles. The van der Waals surface area contributed by atoms with Gasteiger partial charge in [0.1, 0.15) is 6.04 Å². The highest BCUT2D eigenvalue weighted by Crippen LogP contribution is 2.04. The summed E-state index contributed by atoms with van der Waals surface area (Å²) in [5.74, 6) is 1.10. The highest BCUT2D eigenvalue weighted by Gasteiger charge is 2.06. The van der Waals surface area contributed by atoms with Gasteiger partial charge in [0.2, 0.25) is 0 Å². The molecule has 0 aliphatic heterocycles. The standard InChI is InChI=1S/C7H14N2O2S/c1-9-6(2-8)4-12-5-7(11)3-10/h6-7,9-11H,3-5H2,1H3. The van der Waals surface area contributed by atoms with E-state index in [1.54, 1.807) is 7.05 Å². The first-order chi connectivity index (χ1) is 5.74. The summed E-state index contributed by atoms with van der Waals surface area (Å²) in [5.41, 5.74) is 0. The third-order valence-corrected chi connectivity index (χ3v) is 2.50. The van der Waals surface area contributed by atoms with Crippen LogP contribution in [0.3, 0.4) is 0 Å². The smallest absolute Gasteiger partial charge is 0.104 e. The van der Waals surface area contributed by atoms with Crippen LogP contribution in [0.2, 0.25) is 0 Å². The van der Waals surface area contributed by atoms with Crippen molar-refractivity contribution in [3.63, 3.8) is 0 Å². The Balaban J connectivity index is 3.36. The third kappa shape index (κ3) is 5.38. The molecule has 4 nitrogen and oxygen atoms in total. The fourth-order valence-corrected chi connectivity index (χ4v) is 1.55. The van der Waals surface area contributed by atoms with Crippen molar-refractivity contribution in [2.75, 3.05) is 25.2 Å². The van der Waals surface area contributed by atoms with Gasteiger partial charge in [-0.2, -0.15) is 17.0 Å². The van der Waals surface area contributed by atoms with Crippen molar-refractivity contribution in [3.05, 3.63) is 0 Å². The van der Waals surface area contributed by atoms with Crippen molar-refractivity contribution in [1.29, 1.82) is 5.26 Å². The molecule has 5 heteroatoms. The van der Waals surface area contributed by atoms with Crippen LogP contribution in [0, 0.1) is 11.3 Å². The SMILES string of the molecule is CNC(C#N)CSCC(O)CO. The van der Waals surface area contributed by atoms with Crippen molar-refractivity contribution in [1.82, 2.24) is 5.32 Å². The Bertz CT molecular complexity index is 149. The van der Waals surface area contributed by atoms with Crippen LogP contribution in [0.4, 0.5) is 0 Å². The lowest BCUT2D eigenvalue weighted by Gasteiger charge is -2.09. The molecule has 0 rings (SSSR count). The van der Waals surface area contributed by atoms with E-state index < -0.39 is 6.10 Å². The Labute approximate surface area is 76.6 Å². The molecule has 0 aromatic rings. The van der Waals surface area contributed by atoms with E-state index in [4.69, 9.17) is 15.5 Å². The van der Waals surface area contributed by atoms with Crippen molar-refractivity contribution in [2.45, 2.75) is 12.1 Å². The molecule has 0 saturated heterocycles. The Morgan fingerprint density at radius 3 is 2.67 bits per heavy atom. The number of rotatable bonds is 6. The topological polar surface area (TPSA) is 76.3 Å². The highest BCUT2D eigenvalue weighted by atomic mass is 32.2. The minimum atomic E-state index is -0.675. The van der Waals surface area contributed by atoms with E-state index in [9.17, 15) is 0 Å². The summed E-state index contributed by atoms with van der Waals surface area (Å²) in [7, 11) is 1.72. The monoisotopic (exact) mass is 190 g/mol. The maximum atomic E-state index is 8.94. The normalized spacial score (nSPS) is 15.2. The quantitative estimate of drug-likeness (QED) is 0.510. The zero-order valence-corrected chi connectivity index (χ0v) is 7.84. The summed E-state index contributed by atoms with van der Waals surface area (Å²) in [6.07, 6.45) is -0.675. The molecule has 0 aliphatic carbocycles. The van der Waals surface area contributed by atoms with Gasteiger partial charge >= 0.3 is 0 Å². The Kier molecular flexibility index (Phi) is 7.20. The second-order valence-electron chi connectivity index (χ2n) is 2.34. The number of nitrogens with one attached hydrogen (secondary N) is 1. The molecule has 0 fully saturated rings. The average molecular weight is 190 g/mol. The van der Waals surface area contributed by atoms with Gasteiger partial charge in [-0.1, -0.05) is 0 Å². The first-order valence-electron chi connectivity index (χ1n) is 3.68. The van der Waals surface area contributed by atoms with Crippen LogP contribution in [-0.4, -0.2) is 47.5 Å². The number of nitriles is 1. The zero-order chi connectivity index (χ0) is 9.40. The first kappa shape index (κ1) is 11.7. The minimum absolute atomic E-state index is 0.180. The number of nitrogens with zero attached hydrogens (tertiary/aromatic N) is 1.